The second-order valence-corrected chi connectivity index (χ2v) is 4.88. The van der Waals surface area contributed by atoms with Crippen molar-refractivity contribution in [1.82, 2.24) is 5.32 Å². The first kappa shape index (κ1) is 12.5. The molecule has 0 aromatic heterocycles. The van der Waals surface area contributed by atoms with Crippen molar-refractivity contribution in [2.45, 2.75) is 44.7 Å². The molecule has 0 radical (unpaired) electrons. The molecule has 1 aromatic rings. The highest BCUT2D eigenvalue weighted by atomic mass is 35.5. The Kier molecular flexibility index (Phi) is 4.18. The van der Waals surface area contributed by atoms with Crippen molar-refractivity contribution in [3.05, 3.63) is 35.9 Å². The van der Waals surface area contributed by atoms with Crippen LogP contribution in [0.25, 0.3) is 0 Å². The predicted octanol–water partition coefficient (Wildman–Crippen LogP) is 3.70. The normalized spacial score (nSPS) is 24.3. The first-order valence-electron chi connectivity index (χ1n) is 5.50. The molecule has 84 valence electrons. The van der Waals surface area contributed by atoms with E-state index >= 15 is 0 Å². The lowest BCUT2D eigenvalue weighted by molar-refractivity contribution is 0.245. The van der Waals surface area contributed by atoms with Crippen LogP contribution < -0.4 is 5.32 Å². The summed E-state index contributed by atoms with van der Waals surface area (Å²) in [5.74, 6) is 0. The molecule has 2 rings (SSSR count). The monoisotopic (exact) mass is 225 g/mol. The molecule has 2 heteroatoms. The Bertz CT molecular complexity index is 295. The molecule has 0 aliphatic carbocycles. The molecule has 1 atom stereocenters. The van der Waals surface area contributed by atoms with Crippen molar-refractivity contribution in [3.63, 3.8) is 0 Å². The van der Waals surface area contributed by atoms with Gasteiger partial charge in [-0.3, -0.25) is 0 Å². The highest BCUT2D eigenvalue weighted by Gasteiger charge is 2.27. The van der Waals surface area contributed by atoms with E-state index in [1.54, 1.807) is 0 Å². The Hall–Kier alpha value is -0.530. The SMILES string of the molecule is CC1(C)CCCC(c2ccccc2)N1.Cl. The highest BCUT2D eigenvalue weighted by molar-refractivity contribution is 5.85. The lowest BCUT2D eigenvalue weighted by Crippen LogP contribution is -2.44. The van der Waals surface area contributed by atoms with Crippen molar-refractivity contribution in [2.24, 2.45) is 0 Å². The molecule has 1 aromatic carbocycles. The van der Waals surface area contributed by atoms with Gasteiger partial charge in [0, 0.05) is 11.6 Å². The molecule has 1 nitrogen and oxygen atoms in total. The average molecular weight is 226 g/mol. The summed E-state index contributed by atoms with van der Waals surface area (Å²) in [5.41, 5.74) is 1.74. The molecule has 0 amide bonds. The van der Waals surface area contributed by atoms with E-state index in [4.69, 9.17) is 0 Å². The van der Waals surface area contributed by atoms with Gasteiger partial charge in [0.1, 0.15) is 0 Å². The van der Waals surface area contributed by atoms with Crippen LogP contribution in [0.3, 0.4) is 0 Å². The summed E-state index contributed by atoms with van der Waals surface area (Å²) in [6.07, 6.45) is 3.89. The van der Waals surface area contributed by atoms with Gasteiger partial charge in [-0.15, -0.1) is 12.4 Å². The van der Waals surface area contributed by atoms with Crippen molar-refractivity contribution < 1.29 is 0 Å². The molecule has 1 heterocycles. The Morgan fingerprint density at radius 3 is 2.47 bits per heavy atom. The summed E-state index contributed by atoms with van der Waals surface area (Å²) >= 11 is 0. The smallest absolute Gasteiger partial charge is 0.0324 e. The quantitative estimate of drug-likeness (QED) is 0.769. The highest BCUT2D eigenvalue weighted by Crippen LogP contribution is 2.30. The molecule has 0 spiro atoms. The number of benzene rings is 1. The number of halogens is 1. The van der Waals surface area contributed by atoms with E-state index in [1.807, 2.05) is 0 Å². The number of hydrogen-bond donors (Lipinski definition) is 1. The van der Waals surface area contributed by atoms with Gasteiger partial charge < -0.3 is 5.32 Å². The van der Waals surface area contributed by atoms with Gasteiger partial charge in [0.15, 0.2) is 0 Å². The second-order valence-electron chi connectivity index (χ2n) is 4.88. The number of nitrogens with one attached hydrogen (secondary N) is 1. The molecule has 1 aliphatic heterocycles. The first-order valence-corrected chi connectivity index (χ1v) is 5.50. The van der Waals surface area contributed by atoms with Crippen molar-refractivity contribution >= 4 is 12.4 Å². The van der Waals surface area contributed by atoms with Crippen molar-refractivity contribution in [1.29, 1.82) is 0 Å². The van der Waals surface area contributed by atoms with Crippen LogP contribution >= 0.6 is 12.4 Å². The molecule has 1 aliphatic rings. The third-order valence-corrected chi connectivity index (χ3v) is 3.06. The Balaban J connectivity index is 0.00000112. The number of piperidine rings is 1. The lowest BCUT2D eigenvalue weighted by Gasteiger charge is -2.37. The van der Waals surface area contributed by atoms with Gasteiger partial charge in [0.05, 0.1) is 0 Å². The van der Waals surface area contributed by atoms with Gasteiger partial charge in [-0.2, -0.15) is 0 Å². The van der Waals surface area contributed by atoms with Crippen LogP contribution in [-0.4, -0.2) is 5.54 Å². The summed E-state index contributed by atoms with van der Waals surface area (Å²) in [5, 5.41) is 3.71. The molecule has 1 fully saturated rings. The summed E-state index contributed by atoms with van der Waals surface area (Å²) in [7, 11) is 0. The molecule has 0 saturated carbocycles. The zero-order chi connectivity index (χ0) is 10.0. The van der Waals surface area contributed by atoms with Crippen molar-refractivity contribution in [3.8, 4) is 0 Å². The fourth-order valence-electron chi connectivity index (χ4n) is 2.30. The van der Waals surface area contributed by atoms with E-state index in [9.17, 15) is 0 Å². The first-order chi connectivity index (χ1) is 6.67. The summed E-state index contributed by atoms with van der Waals surface area (Å²) in [6, 6.07) is 11.3. The van der Waals surface area contributed by atoms with Gasteiger partial charge in [-0.1, -0.05) is 30.3 Å². The second kappa shape index (κ2) is 5.00. The maximum Gasteiger partial charge on any atom is 0.0324 e. The molecule has 1 unspecified atom stereocenters. The van der Waals surface area contributed by atoms with Gasteiger partial charge in [0.2, 0.25) is 0 Å². The van der Waals surface area contributed by atoms with Crippen LogP contribution in [0.4, 0.5) is 0 Å². The van der Waals surface area contributed by atoms with E-state index in [-0.39, 0.29) is 12.4 Å². The molecule has 0 bridgehead atoms. The topological polar surface area (TPSA) is 12.0 Å². The van der Waals surface area contributed by atoms with E-state index in [1.165, 1.54) is 24.8 Å². The standard InChI is InChI=1S/C13H19N.ClH/c1-13(2)10-6-9-12(14-13)11-7-4-3-5-8-11;/h3-5,7-8,12,14H,6,9-10H2,1-2H3;1H. The molecular formula is C13H20ClN. The Morgan fingerprint density at radius 1 is 1.20 bits per heavy atom. The fraction of sp³-hybridized carbons (Fsp3) is 0.538. The zero-order valence-electron chi connectivity index (χ0n) is 9.49. The van der Waals surface area contributed by atoms with Crippen LogP contribution in [0.5, 0.6) is 0 Å². The maximum atomic E-state index is 3.71. The fourth-order valence-corrected chi connectivity index (χ4v) is 2.30. The third-order valence-electron chi connectivity index (χ3n) is 3.06. The maximum absolute atomic E-state index is 3.71. The molecule has 15 heavy (non-hydrogen) atoms. The van der Waals surface area contributed by atoms with Crippen molar-refractivity contribution in [2.75, 3.05) is 0 Å². The van der Waals surface area contributed by atoms with Gasteiger partial charge in [-0.05, 0) is 38.7 Å². The van der Waals surface area contributed by atoms with Gasteiger partial charge in [0.25, 0.3) is 0 Å². The Labute approximate surface area is 98.7 Å². The average Bonchev–Trinajstić information content (AvgIpc) is 2.18. The van der Waals surface area contributed by atoms with Gasteiger partial charge >= 0.3 is 0 Å². The van der Waals surface area contributed by atoms with E-state index in [2.05, 4.69) is 49.5 Å². The van der Waals surface area contributed by atoms with Crippen LogP contribution in [-0.2, 0) is 0 Å². The third kappa shape index (κ3) is 3.22. The van der Waals surface area contributed by atoms with Crippen LogP contribution in [0, 0.1) is 0 Å². The summed E-state index contributed by atoms with van der Waals surface area (Å²) in [4.78, 5) is 0. The predicted molar refractivity (Wildman–Crippen MR) is 67.5 cm³/mol. The number of rotatable bonds is 1. The number of hydrogen-bond acceptors (Lipinski definition) is 1. The minimum atomic E-state index is 0. The van der Waals surface area contributed by atoms with E-state index in [0.29, 0.717) is 11.6 Å². The molecule has 1 saturated heterocycles. The van der Waals surface area contributed by atoms with Crippen LogP contribution in [0.1, 0.15) is 44.7 Å². The summed E-state index contributed by atoms with van der Waals surface area (Å²) in [6.45, 7) is 4.59. The zero-order valence-corrected chi connectivity index (χ0v) is 10.3. The van der Waals surface area contributed by atoms with Crippen LogP contribution in [0.15, 0.2) is 30.3 Å². The largest absolute Gasteiger partial charge is 0.305 e. The lowest BCUT2D eigenvalue weighted by atomic mass is 9.86. The van der Waals surface area contributed by atoms with E-state index in [0.717, 1.165) is 0 Å². The van der Waals surface area contributed by atoms with E-state index < -0.39 is 0 Å². The van der Waals surface area contributed by atoms with Crippen LogP contribution in [0.2, 0.25) is 0 Å². The summed E-state index contributed by atoms with van der Waals surface area (Å²) < 4.78 is 0. The Morgan fingerprint density at radius 2 is 1.87 bits per heavy atom. The molecule has 1 N–H and O–H groups in total. The minimum Gasteiger partial charge on any atom is -0.305 e. The minimum absolute atomic E-state index is 0. The van der Waals surface area contributed by atoms with Gasteiger partial charge in [-0.25, -0.2) is 0 Å². The molecular weight excluding hydrogens is 206 g/mol.